The van der Waals surface area contributed by atoms with Crippen LogP contribution in [0, 0.1) is 30.6 Å². The van der Waals surface area contributed by atoms with Crippen molar-refractivity contribution in [2.75, 3.05) is 38.0 Å². The Kier molecular flexibility index (Phi) is 5.81. The van der Waals surface area contributed by atoms with E-state index in [4.69, 9.17) is 0 Å². The van der Waals surface area contributed by atoms with E-state index in [1.807, 2.05) is 36.9 Å². The second-order valence-corrected chi connectivity index (χ2v) is 7.78. The minimum absolute atomic E-state index is 0.0119. The van der Waals surface area contributed by atoms with Crippen LogP contribution in [0.1, 0.15) is 36.8 Å². The molecule has 1 N–H and O–H groups in total. The Bertz CT molecular complexity index is 734. The van der Waals surface area contributed by atoms with Gasteiger partial charge in [-0.25, -0.2) is 0 Å². The van der Waals surface area contributed by atoms with Gasteiger partial charge in [-0.1, -0.05) is 31.0 Å². The minimum Gasteiger partial charge on any atom is -0.339 e. The Morgan fingerprint density at radius 1 is 1.11 bits per heavy atom. The van der Waals surface area contributed by atoms with E-state index in [2.05, 4.69) is 16.3 Å². The predicted octanol–water partition coefficient (Wildman–Crippen LogP) is 2.47. The van der Waals surface area contributed by atoms with Gasteiger partial charge in [0.05, 0.1) is 12.6 Å². The molecule has 2 aliphatic rings. The van der Waals surface area contributed by atoms with Crippen LogP contribution in [-0.4, -0.2) is 54.3 Å². The van der Waals surface area contributed by atoms with Crippen molar-refractivity contribution in [3.05, 3.63) is 29.3 Å². The van der Waals surface area contributed by atoms with Crippen LogP contribution in [-0.2, 0) is 9.59 Å². The number of rotatable bonds is 4. The number of hydrogen-bond donors (Lipinski definition) is 1. The third kappa shape index (κ3) is 4.14. The largest absolute Gasteiger partial charge is 0.339 e. The zero-order chi connectivity index (χ0) is 19.4. The van der Waals surface area contributed by atoms with Gasteiger partial charge in [-0.3, -0.25) is 14.5 Å². The Morgan fingerprint density at radius 3 is 2.26 bits per heavy atom. The molecule has 144 valence electrons. The molecule has 0 spiro atoms. The van der Waals surface area contributed by atoms with Gasteiger partial charge < -0.3 is 10.2 Å². The highest BCUT2D eigenvalue weighted by atomic mass is 16.2. The summed E-state index contributed by atoms with van der Waals surface area (Å²) in [7, 11) is 0. The van der Waals surface area contributed by atoms with E-state index in [1.165, 1.54) is 0 Å². The first-order chi connectivity index (χ1) is 12.9. The lowest BCUT2D eigenvalue weighted by molar-refractivity contribution is -0.140. The summed E-state index contributed by atoms with van der Waals surface area (Å²) in [5, 5.41) is 12.5. The van der Waals surface area contributed by atoms with E-state index in [0.717, 1.165) is 29.7 Å². The molecular formula is C21H28N4O2. The van der Waals surface area contributed by atoms with Crippen LogP contribution in [0.3, 0.4) is 0 Å². The fraction of sp³-hybridized carbons (Fsp3) is 0.571. The van der Waals surface area contributed by atoms with Crippen molar-refractivity contribution >= 4 is 17.5 Å². The van der Waals surface area contributed by atoms with Crippen LogP contribution in [0.4, 0.5) is 5.69 Å². The number of nitriles is 1. The third-order valence-electron chi connectivity index (χ3n) is 5.85. The average molecular weight is 368 g/mol. The molecular weight excluding hydrogens is 340 g/mol. The molecule has 0 radical (unpaired) electrons. The molecule has 1 saturated heterocycles. The number of carbonyl (C=O) groups excluding carboxylic acids is 2. The molecule has 0 aromatic heterocycles. The van der Waals surface area contributed by atoms with Crippen molar-refractivity contribution in [1.82, 2.24) is 9.80 Å². The second-order valence-electron chi connectivity index (χ2n) is 7.78. The molecule has 0 unspecified atom stereocenters. The lowest BCUT2D eigenvalue weighted by Gasteiger charge is -2.37. The summed E-state index contributed by atoms with van der Waals surface area (Å²) in [6.07, 6.45) is 3.27. The van der Waals surface area contributed by atoms with Gasteiger partial charge in [-0.05, 0) is 37.8 Å². The normalized spacial score (nSPS) is 19.5. The van der Waals surface area contributed by atoms with Crippen molar-refractivity contribution in [3.8, 4) is 6.07 Å². The maximum absolute atomic E-state index is 12.8. The summed E-state index contributed by atoms with van der Waals surface area (Å²) < 4.78 is 0. The van der Waals surface area contributed by atoms with Gasteiger partial charge in [0.15, 0.2) is 0 Å². The lowest BCUT2D eigenvalue weighted by Crippen LogP contribution is -2.53. The molecule has 1 aliphatic heterocycles. The van der Waals surface area contributed by atoms with E-state index in [1.54, 1.807) is 0 Å². The van der Waals surface area contributed by atoms with Crippen LogP contribution in [0.5, 0.6) is 0 Å². The zero-order valence-electron chi connectivity index (χ0n) is 16.3. The molecule has 1 aromatic rings. The molecule has 0 bridgehead atoms. The van der Waals surface area contributed by atoms with E-state index in [-0.39, 0.29) is 11.8 Å². The van der Waals surface area contributed by atoms with Gasteiger partial charge in [0.25, 0.3) is 0 Å². The molecule has 2 fully saturated rings. The molecule has 1 aromatic carbocycles. The average Bonchev–Trinajstić information content (AvgIpc) is 3.15. The number of nitrogens with one attached hydrogen (secondary N) is 1. The summed E-state index contributed by atoms with van der Waals surface area (Å²) in [5.74, 6) is -0.0430. The van der Waals surface area contributed by atoms with Gasteiger partial charge in [-0.15, -0.1) is 0 Å². The summed E-state index contributed by atoms with van der Waals surface area (Å²) in [4.78, 5) is 29.1. The first-order valence-electron chi connectivity index (χ1n) is 9.74. The van der Waals surface area contributed by atoms with Crippen LogP contribution in [0.2, 0.25) is 0 Å². The van der Waals surface area contributed by atoms with Crippen molar-refractivity contribution in [2.24, 2.45) is 5.41 Å². The first-order valence-corrected chi connectivity index (χ1v) is 9.74. The molecule has 6 heteroatoms. The number of nitrogens with zero attached hydrogens (tertiary/aromatic N) is 3. The predicted molar refractivity (Wildman–Crippen MR) is 104 cm³/mol. The smallest absolute Gasteiger partial charge is 0.243 e. The van der Waals surface area contributed by atoms with Gasteiger partial charge in [0.2, 0.25) is 11.8 Å². The summed E-state index contributed by atoms with van der Waals surface area (Å²) in [6, 6.07) is 8.24. The number of carbonyl (C=O) groups is 2. The molecule has 3 rings (SSSR count). The zero-order valence-corrected chi connectivity index (χ0v) is 16.3. The summed E-state index contributed by atoms with van der Waals surface area (Å²) in [5.41, 5.74) is 2.19. The molecule has 2 amide bonds. The van der Waals surface area contributed by atoms with Gasteiger partial charge in [-0.2, -0.15) is 5.26 Å². The number of amides is 2. The summed E-state index contributed by atoms with van der Waals surface area (Å²) >= 11 is 0. The molecule has 6 nitrogen and oxygen atoms in total. The fourth-order valence-electron chi connectivity index (χ4n) is 4.16. The second kappa shape index (κ2) is 8.10. The van der Waals surface area contributed by atoms with Gasteiger partial charge >= 0.3 is 0 Å². The fourth-order valence-corrected chi connectivity index (χ4v) is 4.16. The van der Waals surface area contributed by atoms with Crippen molar-refractivity contribution in [2.45, 2.75) is 39.5 Å². The van der Waals surface area contributed by atoms with Gasteiger partial charge in [0, 0.05) is 31.9 Å². The molecule has 1 saturated carbocycles. The maximum Gasteiger partial charge on any atom is 0.243 e. The molecule has 1 aliphatic carbocycles. The highest BCUT2D eigenvalue weighted by Gasteiger charge is 2.44. The number of hydrogen-bond acceptors (Lipinski definition) is 4. The number of aryl methyl sites for hydroxylation is 2. The topological polar surface area (TPSA) is 76.4 Å². The highest BCUT2D eigenvalue weighted by molar-refractivity contribution is 5.93. The Balaban J connectivity index is 1.52. The quantitative estimate of drug-likeness (QED) is 0.886. The maximum atomic E-state index is 12.8. The number of piperazine rings is 1. The first kappa shape index (κ1) is 19.4. The van der Waals surface area contributed by atoms with E-state index in [0.29, 0.717) is 45.6 Å². The molecule has 0 atom stereocenters. The SMILES string of the molecule is Cc1cccc(C)c1NC(=O)CN1CCN(C(=O)C2(C#N)CCCC2)CC1. The monoisotopic (exact) mass is 368 g/mol. The van der Waals surface area contributed by atoms with Crippen molar-refractivity contribution in [1.29, 1.82) is 5.26 Å². The third-order valence-corrected chi connectivity index (χ3v) is 5.85. The van der Waals surface area contributed by atoms with E-state index >= 15 is 0 Å². The highest BCUT2D eigenvalue weighted by Crippen LogP contribution is 2.39. The summed E-state index contributed by atoms with van der Waals surface area (Å²) in [6.45, 7) is 6.78. The van der Waals surface area contributed by atoms with Crippen molar-refractivity contribution in [3.63, 3.8) is 0 Å². The number of anilines is 1. The van der Waals surface area contributed by atoms with Crippen LogP contribution < -0.4 is 5.32 Å². The van der Waals surface area contributed by atoms with E-state index in [9.17, 15) is 14.9 Å². The van der Waals surface area contributed by atoms with Crippen molar-refractivity contribution < 1.29 is 9.59 Å². The van der Waals surface area contributed by atoms with Crippen LogP contribution >= 0.6 is 0 Å². The van der Waals surface area contributed by atoms with Crippen LogP contribution in [0.15, 0.2) is 18.2 Å². The van der Waals surface area contributed by atoms with E-state index < -0.39 is 5.41 Å². The van der Waals surface area contributed by atoms with Gasteiger partial charge in [0.1, 0.15) is 5.41 Å². The molecule has 1 heterocycles. The Hall–Kier alpha value is -2.39. The Labute approximate surface area is 161 Å². The number of benzene rings is 1. The minimum atomic E-state index is -0.804. The molecule has 27 heavy (non-hydrogen) atoms. The number of para-hydroxylation sites is 1. The van der Waals surface area contributed by atoms with Crippen LogP contribution in [0.25, 0.3) is 0 Å². The Morgan fingerprint density at radius 2 is 1.70 bits per heavy atom. The lowest BCUT2D eigenvalue weighted by atomic mass is 9.86. The standard InChI is InChI=1S/C21H28N4O2/c1-16-6-5-7-17(2)19(16)23-18(26)14-24-10-12-25(13-11-24)20(27)21(15-22)8-3-4-9-21/h5-7H,3-4,8-14H2,1-2H3,(H,23,26).